The van der Waals surface area contributed by atoms with Gasteiger partial charge in [0.05, 0.1) is 0 Å². The largest absolute Gasteiger partial charge is 0.355 e. The molecule has 0 saturated heterocycles. The second-order valence-corrected chi connectivity index (χ2v) is 6.64. The molecule has 31 heavy (non-hydrogen) atoms. The molecule has 156 valence electrons. The minimum atomic E-state index is -0.231. The topological polar surface area (TPSA) is 100 Å². The van der Waals surface area contributed by atoms with E-state index in [4.69, 9.17) is 0 Å². The monoisotopic (exact) mass is 414 g/mol. The lowest BCUT2D eigenvalue weighted by Crippen LogP contribution is -2.20. The summed E-state index contributed by atoms with van der Waals surface area (Å²) in [6.07, 6.45) is 6.25. The fourth-order valence-electron chi connectivity index (χ4n) is 2.72. The van der Waals surface area contributed by atoms with Crippen LogP contribution in [0.15, 0.2) is 79.1 Å². The standard InChI is InChI=1S/C24H22N4O3/c1-25-23(30)19-7-2-17(3-8-19)6-11-22(29)27-16-18-4-9-21(10-5-18)28-24(31)20-12-14-26-15-13-20/h2-15H,16H2,1H3,(H,25,30)(H,27,29)(H,28,31)/b11-6+. The van der Waals surface area contributed by atoms with E-state index in [0.717, 1.165) is 11.1 Å². The third kappa shape index (κ3) is 6.37. The number of anilines is 1. The molecule has 0 radical (unpaired) electrons. The molecule has 7 nitrogen and oxygen atoms in total. The summed E-state index contributed by atoms with van der Waals surface area (Å²) in [5.74, 6) is -0.599. The fourth-order valence-corrected chi connectivity index (χ4v) is 2.72. The molecule has 1 heterocycles. The average Bonchev–Trinajstić information content (AvgIpc) is 2.82. The highest BCUT2D eigenvalue weighted by molar-refractivity contribution is 6.04. The summed E-state index contributed by atoms with van der Waals surface area (Å²) in [7, 11) is 1.58. The summed E-state index contributed by atoms with van der Waals surface area (Å²) in [6, 6.07) is 17.5. The molecule has 2 aromatic carbocycles. The first-order valence-electron chi connectivity index (χ1n) is 9.63. The molecule has 0 aliphatic rings. The number of aromatic nitrogens is 1. The van der Waals surface area contributed by atoms with Gasteiger partial charge in [-0.25, -0.2) is 0 Å². The van der Waals surface area contributed by atoms with Crippen LogP contribution >= 0.6 is 0 Å². The van der Waals surface area contributed by atoms with Crippen LogP contribution in [0.25, 0.3) is 6.08 Å². The fraction of sp³-hybridized carbons (Fsp3) is 0.0833. The molecular formula is C24H22N4O3. The minimum absolute atomic E-state index is 0.156. The van der Waals surface area contributed by atoms with Gasteiger partial charge in [0.15, 0.2) is 0 Å². The first-order chi connectivity index (χ1) is 15.0. The van der Waals surface area contributed by atoms with Crippen molar-refractivity contribution in [3.05, 3.63) is 101 Å². The number of amides is 3. The number of benzene rings is 2. The molecule has 3 rings (SSSR count). The van der Waals surface area contributed by atoms with Gasteiger partial charge in [0.2, 0.25) is 5.91 Å². The Kier molecular flexibility index (Phi) is 7.26. The zero-order valence-electron chi connectivity index (χ0n) is 17.0. The molecule has 0 fully saturated rings. The highest BCUT2D eigenvalue weighted by Crippen LogP contribution is 2.11. The van der Waals surface area contributed by atoms with Crippen LogP contribution < -0.4 is 16.0 Å². The van der Waals surface area contributed by atoms with E-state index in [2.05, 4.69) is 20.9 Å². The smallest absolute Gasteiger partial charge is 0.255 e. The van der Waals surface area contributed by atoms with E-state index < -0.39 is 0 Å². The number of nitrogens with zero attached hydrogens (tertiary/aromatic N) is 1. The van der Waals surface area contributed by atoms with Gasteiger partial charge in [-0.15, -0.1) is 0 Å². The van der Waals surface area contributed by atoms with E-state index in [1.165, 1.54) is 6.08 Å². The van der Waals surface area contributed by atoms with E-state index >= 15 is 0 Å². The number of carbonyl (C=O) groups excluding carboxylic acids is 3. The molecule has 7 heteroatoms. The Labute approximate surface area is 180 Å². The Morgan fingerprint density at radius 2 is 1.48 bits per heavy atom. The van der Waals surface area contributed by atoms with Crippen molar-refractivity contribution in [2.24, 2.45) is 0 Å². The SMILES string of the molecule is CNC(=O)c1ccc(/C=C/C(=O)NCc2ccc(NC(=O)c3ccncc3)cc2)cc1. The van der Waals surface area contributed by atoms with Crippen molar-refractivity contribution >= 4 is 29.5 Å². The van der Waals surface area contributed by atoms with E-state index in [9.17, 15) is 14.4 Å². The summed E-state index contributed by atoms with van der Waals surface area (Å²) in [6.45, 7) is 0.358. The maximum atomic E-state index is 12.1. The predicted molar refractivity (Wildman–Crippen MR) is 119 cm³/mol. The molecule has 0 aliphatic heterocycles. The molecular weight excluding hydrogens is 392 g/mol. The Hall–Kier alpha value is -4.26. The molecule has 0 saturated carbocycles. The van der Waals surface area contributed by atoms with Gasteiger partial charge < -0.3 is 16.0 Å². The quantitative estimate of drug-likeness (QED) is 0.518. The van der Waals surface area contributed by atoms with E-state index in [-0.39, 0.29) is 17.7 Å². The highest BCUT2D eigenvalue weighted by Gasteiger charge is 2.05. The second-order valence-electron chi connectivity index (χ2n) is 6.64. The number of carbonyl (C=O) groups is 3. The minimum Gasteiger partial charge on any atom is -0.355 e. The van der Waals surface area contributed by atoms with Gasteiger partial charge in [0.1, 0.15) is 0 Å². The van der Waals surface area contributed by atoms with Gasteiger partial charge in [-0.05, 0) is 53.6 Å². The predicted octanol–water partition coefficient (Wildman–Crippen LogP) is 3.02. The highest BCUT2D eigenvalue weighted by atomic mass is 16.2. The van der Waals surface area contributed by atoms with Crippen molar-refractivity contribution in [1.82, 2.24) is 15.6 Å². The summed E-state index contributed by atoms with van der Waals surface area (Å²) in [5.41, 5.74) is 3.47. The van der Waals surface area contributed by atoms with Gasteiger partial charge in [-0.1, -0.05) is 24.3 Å². The first-order valence-corrected chi connectivity index (χ1v) is 9.63. The van der Waals surface area contributed by atoms with Crippen molar-refractivity contribution in [2.45, 2.75) is 6.54 Å². The molecule has 3 N–H and O–H groups in total. The summed E-state index contributed by atoms with van der Waals surface area (Å²) in [5, 5.41) is 8.18. The normalized spacial score (nSPS) is 10.5. The molecule has 3 amide bonds. The summed E-state index contributed by atoms with van der Waals surface area (Å²) in [4.78, 5) is 39.6. The molecule has 0 aliphatic carbocycles. The van der Waals surface area contributed by atoms with Gasteiger partial charge >= 0.3 is 0 Å². The Balaban J connectivity index is 1.48. The summed E-state index contributed by atoms with van der Waals surface area (Å²) >= 11 is 0. The summed E-state index contributed by atoms with van der Waals surface area (Å²) < 4.78 is 0. The molecule has 0 spiro atoms. The van der Waals surface area contributed by atoms with Crippen LogP contribution in [0.2, 0.25) is 0 Å². The zero-order valence-corrected chi connectivity index (χ0v) is 17.0. The Morgan fingerprint density at radius 1 is 0.839 bits per heavy atom. The van der Waals surface area contributed by atoms with Crippen molar-refractivity contribution in [3.63, 3.8) is 0 Å². The number of nitrogens with one attached hydrogen (secondary N) is 3. The average molecular weight is 414 g/mol. The van der Waals surface area contributed by atoms with Gasteiger partial charge in [0, 0.05) is 48.9 Å². The Bertz CT molecular complexity index is 1080. The molecule has 0 atom stereocenters. The van der Waals surface area contributed by atoms with Crippen LogP contribution in [0, 0.1) is 0 Å². The van der Waals surface area contributed by atoms with E-state index in [1.54, 1.807) is 74.0 Å². The number of pyridine rings is 1. The van der Waals surface area contributed by atoms with Gasteiger partial charge in [0.25, 0.3) is 11.8 Å². The molecule has 0 bridgehead atoms. The zero-order chi connectivity index (χ0) is 22.1. The maximum absolute atomic E-state index is 12.1. The van der Waals surface area contributed by atoms with Crippen LogP contribution in [0.4, 0.5) is 5.69 Å². The van der Waals surface area contributed by atoms with Crippen molar-refractivity contribution in [3.8, 4) is 0 Å². The molecule has 3 aromatic rings. The van der Waals surface area contributed by atoms with Crippen LogP contribution in [0.5, 0.6) is 0 Å². The Morgan fingerprint density at radius 3 is 2.13 bits per heavy atom. The van der Waals surface area contributed by atoms with Crippen molar-refractivity contribution in [1.29, 1.82) is 0 Å². The lowest BCUT2D eigenvalue weighted by molar-refractivity contribution is -0.116. The van der Waals surface area contributed by atoms with Crippen LogP contribution in [-0.4, -0.2) is 29.8 Å². The van der Waals surface area contributed by atoms with Gasteiger partial charge in [-0.3, -0.25) is 19.4 Å². The third-order valence-electron chi connectivity index (χ3n) is 4.45. The number of rotatable bonds is 7. The maximum Gasteiger partial charge on any atom is 0.255 e. The lowest BCUT2D eigenvalue weighted by Gasteiger charge is -2.07. The van der Waals surface area contributed by atoms with Gasteiger partial charge in [-0.2, -0.15) is 0 Å². The second kappa shape index (κ2) is 10.5. The van der Waals surface area contributed by atoms with Crippen molar-refractivity contribution in [2.75, 3.05) is 12.4 Å². The number of hydrogen-bond donors (Lipinski definition) is 3. The van der Waals surface area contributed by atoms with Crippen LogP contribution in [0.3, 0.4) is 0 Å². The molecule has 1 aromatic heterocycles. The van der Waals surface area contributed by atoms with E-state index in [0.29, 0.717) is 23.4 Å². The third-order valence-corrected chi connectivity index (χ3v) is 4.45. The van der Waals surface area contributed by atoms with Crippen LogP contribution in [0.1, 0.15) is 31.8 Å². The number of hydrogen-bond acceptors (Lipinski definition) is 4. The van der Waals surface area contributed by atoms with Crippen molar-refractivity contribution < 1.29 is 14.4 Å². The lowest BCUT2D eigenvalue weighted by atomic mass is 10.1. The molecule has 0 unspecified atom stereocenters. The first kappa shape index (κ1) is 21.4. The van der Waals surface area contributed by atoms with Crippen LogP contribution in [-0.2, 0) is 11.3 Å². The van der Waals surface area contributed by atoms with E-state index in [1.807, 2.05) is 12.1 Å².